The fourth-order valence-corrected chi connectivity index (χ4v) is 2.92. The first-order valence-electron chi connectivity index (χ1n) is 7.68. The van der Waals surface area contributed by atoms with Crippen molar-refractivity contribution in [2.45, 2.75) is 6.92 Å². The molecule has 0 saturated carbocycles. The Hall–Kier alpha value is -2.51. The van der Waals surface area contributed by atoms with E-state index in [4.69, 9.17) is 16.3 Å². The highest BCUT2D eigenvalue weighted by molar-refractivity contribution is 9.10. The summed E-state index contributed by atoms with van der Waals surface area (Å²) >= 11 is 9.31. The number of anilines is 1. The summed E-state index contributed by atoms with van der Waals surface area (Å²) in [6.07, 6.45) is 1.41. The van der Waals surface area contributed by atoms with Crippen molar-refractivity contribution in [3.63, 3.8) is 0 Å². The topological polar surface area (TPSA) is 78.9 Å². The minimum Gasteiger partial charge on any atom is -0.503 e. The van der Waals surface area contributed by atoms with Gasteiger partial charge in [-0.15, -0.1) is 0 Å². The zero-order valence-electron chi connectivity index (χ0n) is 13.6. The molecule has 2 N–H and O–H groups in total. The summed E-state index contributed by atoms with van der Waals surface area (Å²) in [5, 5.41) is 11.1. The number of hydrogen-bond acceptors (Lipinski definition) is 4. The molecule has 26 heavy (non-hydrogen) atoms. The molecule has 0 radical (unpaired) electrons. The molecule has 3 rings (SSSR count). The van der Waals surface area contributed by atoms with Crippen molar-refractivity contribution >= 4 is 51.1 Å². The molecule has 1 aliphatic heterocycles. The molecular formula is C18H14BrClN2O4. The maximum Gasteiger partial charge on any atom is 0.282 e. The fraction of sp³-hybridized carbons (Fsp3) is 0.111. The predicted octanol–water partition coefficient (Wildman–Crippen LogP) is 3.67. The molecule has 2 amide bonds. The largest absolute Gasteiger partial charge is 0.503 e. The summed E-state index contributed by atoms with van der Waals surface area (Å²) in [5.41, 5.74) is 3.48. The number of halogens is 2. The number of carbonyl (C=O) groups excluding carboxylic acids is 2. The van der Waals surface area contributed by atoms with Gasteiger partial charge in [-0.2, -0.15) is 0 Å². The number of carbonyl (C=O) groups is 2. The zero-order valence-corrected chi connectivity index (χ0v) is 16.0. The van der Waals surface area contributed by atoms with E-state index < -0.39 is 11.8 Å². The number of rotatable bonds is 4. The van der Waals surface area contributed by atoms with Crippen molar-refractivity contribution < 1.29 is 19.4 Å². The summed E-state index contributed by atoms with van der Waals surface area (Å²) in [4.78, 5) is 24.9. The Morgan fingerprint density at radius 2 is 1.96 bits per heavy atom. The first-order chi connectivity index (χ1) is 12.4. The van der Waals surface area contributed by atoms with Crippen LogP contribution >= 0.6 is 27.5 Å². The zero-order chi connectivity index (χ0) is 18.8. The maximum atomic E-state index is 12.6. The van der Waals surface area contributed by atoms with E-state index in [1.54, 1.807) is 31.2 Å². The number of hydrogen-bond donors (Lipinski definition) is 2. The second-order valence-corrected chi connectivity index (χ2v) is 6.72. The van der Waals surface area contributed by atoms with E-state index in [-0.39, 0.29) is 22.1 Å². The van der Waals surface area contributed by atoms with Gasteiger partial charge in [-0.3, -0.25) is 15.0 Å². The van der Waals surface area contributed by atoms with E-state index in [1.165, 1.54) is 23.2 Å². The van der Waals surface area contributed by atoms with E-state index in [1.807, 2.05) is 0 Å². The molecule has 8 heteroatoms. The highest BCUT2D eigenvalue weighted by atomic mass is 79.9. The Morgan fingerprint density at radius 3 is 2.62 bits per heavy atom. The third kappa shape index (κ3) is 3.54. The molecule has 2 aromatic carbocycles. The highest BCUT2D eigenvalue weighted by Gasteiger charge is 2.34. The molecule has 6 nitrogen and oxygen atoms in total. The molecule has 0 unspecified atom stereocenters. The van der Waals surface area contributed by atoms with Crippen LogP contribution in [-0.2, 0) is 9.59 Å². The van der Waals surface area contributed by atoms with Crippen molar-refractivity contribution in [1.29, 1.82) is 0 Å². The lowest BCUT2D eigenvalue weighted by molar-refractivity contribution is -0.117. The summed E-state index contributed by atoms with van der Waals surface area (Å²) < 4.78 is 6.17. The summed E-state index contributed by atoms with van der Waals surface area (Å²) in [5.74, 6) is -1.02. The monoisotopic (exact) mass is 436 g/mol. The van der Waals surface area contributed by atoms with Gasteiger partial charge in [0.25, 0.3) is 11.8 Å². The number of hydrazine groups is 1. The molecule has 0 aromatic heterocycles. The lowest BCUT2D eigenvalue weighted by Gasteiger charge is -2.14. The van der Waals surface area contributed by atoms with Gasteiger partial charge in [-0.1, -0.05) is 27.5 Å². The van der Waals surface area contributed by atoms with Crippen molar-refractivity contribution in [3.05, 3.63) is 57.0 Å². The van der Waals surface area contributed by atoms with Crippen LogP contribution in [0.25, 0.3) is 6.08 Å². The van der Waals surface area contributed by atoms with Gasteiger partial charge in [0.05, 0.1) is 17.3 Å². The van der Waals surface area contributed by atoms with Gasteiger partial charge in [0, 0.05) is 4.47 Å². The number of nitrogens with zero attached hydrogens (tertiary/aromatic N) is 1. The lowest BCUT2D eigenvalue weighted by atomic mass is 10.1. The van der Waals surface area contributed by atoms with Gasteiger partial charge >= 0.3 is 0 Å². The molecule has 0 spiro atoms. The number of aromatic hydroxyl groups is 1. The molecule has 0 atom stereocenters. The number of phenols is 1. The lowest BCUT2D eigenvalue weighted by Crippen LogP contribution is -2.35. The van der Waals surface area contributed by atoms with Crippen LogP contribution in [0.3, 0.4) is 0 Å². The Labute approximate surface area is 163 Å². The molecule has 134 valence electrons. The fourth-order valence-electron chi connectivity index (χ4n) is 2.44. The van der Waals surface area contributed by atoms with Crippen molar-refractivity contribution in [3.8, 4) is 11.5 Å². The summed E-state index contributed by atoms with van der Waals surface area (Å²) in [6.45, 7) is 2.10. The normalized spacial score (nSPS) is 15.5. The number of nitrogens with one attached hydrogen (secondary N) is 1. The third-order valence-electron chi connectivity index (χ3n) is 3.64. The van der Waals surface area contributed by atoms with Crippen LogP contribution in [0, 0.1) is 0 Å². The average Bonchev–Trinajstić information content (AvgIpc) is 2.88. The van der Waals surface area contributed by atoms with Gasteiger partial charge in [0.15, 0.2) is 11.5 Å². The Bertz CT molecular complexity index is 912. The van der Waals surface area contributed by atoms with Crippen LogP contribution in [0.1, 0.15) is 12.5 Å². The predicted molar refractivity (Wildman–Crippen MR) is 102 cm³/mol. The van der Waals surface area contributed by atoms with E-state index in [0.29, 0.717) is 17.9 Å². The van der Waals surface area contributed by atoms with E-state index in [9.17, 15) is 14.7 Å². The van der Waals surface area contributed by atoms with Crippen LogP contribution in [0.15, 0.2) is 46.4 Å². The van der Waals surface area contributed by atoms with Crippen LogP contribution in [-0.4, -0.2) is 23.5 Å². The van der Waals surface area contributed by atoms with Gasteiger partial charge in [0.1, 0.15) is 5.57 Å². The maximum absolute atomic E-state index is 12.6. The third-order valence-corrected chi connectivity index (χ3v) is 4.45. The smallest absolute Gasteiger partial charge is 0.282 e. The first-order valence-corrected chi connectivity index (χ1v) is 8.85. The second-order valence-electron chi connectivity index (χ2n) is 5.40. The van der Waals surface area contributed by atoms with E-state index in [0.717, 1.165) is 4.47 Å². The average molecular weight is 438 g/mol. The van der Waals surface area contributed by atoms with E-state index >= 15 is 0 Å². The first kappa shape index (κ1) is 18.3. The quantitative estimate of drug-likeness (QED) is 0.565. The van der Waals surface area contributed by atoms with Crippen molar-refractivity contribution in [2.24, 2.45) is 0 Å². The molecule has 0 aliphatic carbocycles. The highest BCUT2D eigenvalue weighted by Crippen LogP contribution is 2.36. The van der Waals surface area contributed by atoms with E-state index in [2.05, 4.69) is 21.4 Å². The number of phenolic OH excluding ortho intramolecular Hbond substituents is 1. The number of amides is 2. The van der Waals surface area contributed by atoms with Crippen LogP contribution in [0.4, 0.5) is 5.69 Å². The minimum absolute atomic E-state index is 0.0443. The van der Waals surface area contributed by atoms with Crippen LogP contribution < -0.4 is 15.2 Å². The van der Waals surface area contributed by atoms with Crippen molar-refractivity contribution in [1.82, 2.24) is 5.43 Å². The van der Waals surface area contributed by atoms with Crippen LogP contribution in [0.2, 0.25) is 5.02 Å². The Morgan fingerprint density at radius 1 is 1.27 bits per heavy atom. The second kappa shape index (κ2) is 7.39. The van der Waals surface area contributed by atoms with Gasteiger partial charge < -0.3 is 9.84 Å². The molecule has 1 saturated heterocycles. The van der Waals surface area contributed by atoms with Gasteiger partial charge in [-0.25, -0.2) is 5.01 Å². The number of benzene rings is 2. The summed E-state index contributed by atoms with van der Waals surface area (Å²) in [6, 6.07) is 9.91. The van der Waals surface area contributed by atoms with Gasteiger partial charge in [0.2, 0.25) is 0 Å². The molecule has 1 aliphatic rings. The summed E-state index contributed by atoms with van der Waals surface area (Å²) in [7, 11) is 0. The standard InChI is InChI=1S/C18H14BrClN2O4/c1-2-26-15-9-10(8-14(20)16(15)23)7-13-17(24)21-22(18(13)25)12-5-3-11(19)4-6-12/h3-9,23H,2H2,1H3,(H,21,24)/b13-7+. The van der Waals surface area contributed by atoms with Crippen LogP contribution in [0.5, 0.6) is 11.5 Å². The number of ether oxygens (including phenoxy) is 1. The minimum atomic E-state index is -0.528. The van der Waals surface area contributed by atoms with Gasteiger partial charge in [-0.05, 0) is 55.0 Å². The SMILES string of the molecule is CCOc1cc(/C=C2\C(=O)NN(c3ccc(Br)cc3)C2=O)cc(Cl)c1O. The van der Waals surface area contributed by atoms with Crippen molar-refractivity contribution in [2.75, 3.05) is 11.6 Å². The molecule has 2 aromatic rings. The molecule has 0 bridgehead atoms. The molecule has 1 fully saturated rings. The Kier molecular flexibility index (Phi) is 5.20. The Balaban J connectivity index is 1.95. The molecule has 1 heterocycles. The molecular weight excluding hydrogens is 424 g/mol.